The minimum absolute atomic E-state index is 0.0200. The lowest BCUT2D eigenvalue weighted by atomic mass is 10.4. The van der Waals surface area contributed by atoms with E-state index < -0.39 is 0 Å². The fraction of sp³-hybridized carbons (Fsp3) is 0.429. The third-order valence-corrected chi connectivity index (χ3v) is 2.61. The first-order chi connectivity index (χ1) is 5.83. The van der Waals surface area contributed by atoms with Gasteiger partial charge in [-0.05, 0) is 0 Å². The van der Waals surface area contributed by atoms with Gasteiger partial charge in [-0.25, -0.2) is 4.98 Å². The van der Waals surface area contributed by atoms with Gasteiger partial charge in [-0.2, -0.15) is 0 Å². The maximum atomic E-state index is 10.8. The van der Waals surface area contributed by atoms with Gasteiger partial charge in [0.05, 0.1) is 10.3 Å². The van der Waals surface area contributed by atoms with Crippen molar-refractivity contribution in [3.8, 4) is 0 Å². The van der Waals surface area contributed by atoms with Crippen molar-refractivity contribution in [2.75, 3.05) is 11.9 Å². The molecule has 0 spiro atoms. The van der Waals surface area contributed by atoms with E-state index in [4.69, 9.17) is 0 Å². The molecule has 0 bridgehead atoms. The molecule has 12 heavy (non-hydrogen) atoms. The van der Waals surface area contributed by atoms with Crippen LogP contribution in [0, 0.1) is 0 Å². The van der Waals surface area contributed by atoms with E-state index in [-0.39, 0.29) is 5.91 Å². The molecule has 5 heteroatoms. The topological polar surface area (TPSA) is 42.0 Å². The highest BCUT2D eigenvalue weighted by Crippen LogP contribution is 2.03. The Bertz CT molecular complexity index is 238. The average molecular weight is 249 g/mol. The van der Waals surface area contributed by atoms with Gasteiger partial charge < -0.3 is 5.32 Å². The Kier molecular flexibility index (Phi) is 4.24. The first-order valence-corrected chi connectivity index (χ1v) is 5.54. The van der Waals surface area contributed by atoms with E-state index >= 15 is 0 Å². The summed E-state index contributed by atoms with van der Waals surface area (Å²) in [6, 6.07) is 0. The van der Waals surface area contributed by atoms with E-state index in [0.717, 1.165) is 11.4 Å². The number of hydrogen-bond donors (Lipinski definition) is 1. The number of aromatic nitrogens is 1. The fourth-order valence-electron chi connectivity index (χ4n) is 0.733. The Hall–Kier alpha value is -0.420. The number of halogens is 1. The maximum absolute atomic E-state index is 10.8. The number of thiazole rings is 1. The van der Waals surface area contributed by atoms with E-state index in [1.807, 2.05) is 5.38 Å². The number of nitrogens with one attached hydrogen (secondary N) is 1. The van der Waals surface area contributed by atoms with Crippen LogP contribution in [-0.2, 0) is 11.2 Å². The molecule has 1 aromatic heterocycles. The van der Waals surface area contributed by atoms with Crippen LogP contribution in [0.5, 0.6) is 0 Å². The summed E-state index contributed by atoms with van der Waals surface area (Å²) in [5.41, 5.74) is 0. The number of rotatable bonds is 4. The van der Waals surface area contributed by atoms with Crippen LogP contribution in [0.4, 0.5) is 0 Å². The van der Waals surface area contributed by atoms with Crippen LogP contribution in [-0.4, -0.2) is 22.8 Å². The van der Waals surface area contributed by atoms with Crippen LogP contribution in [0.15, 0.2) is 11.6 Å². The number of carbonyl (C=O) groups excluding carboxylic acids is 1. The summed E-state index contributed by atoms with van der Waals surface area (Å²) in [7, 11) is 0. The lowest BCUT2D eigenvalue weighted by Crippen LogP contribution is -2.26. The summed E-state index contributed by atoms with van der Waals surface area (Å²) in [6.07, 6.45) is 2.59. The molecule has 0 fully saturated rings. The Labute approximate surface area is 83.3 Å². The molecule has 0 radical (unpaired) electrons. The lowest BCUT2D eigenvalue weighted by molar-refractivity contribution is -0.118. The molecule has 0 saturated carbocycles. The molecule has 1 N–H and O–H groups in total. The van der Waals surface area contributed by atoms with Crippen molar-refractivity contribution >= 4 is 33.2 Å². The van der Waals surface area contributed by atoms with Crippen LogP contribution in [0.2, 0.25) is 0 Å². The van der Waals surface area contributed by atoms with E-state index in [2.05, 4.69) is 26.2 Å². The van der Waals surface area contributed by atoms with Crippen molar-refractivity contribution in [3.63, 3.8) is 0 Å². The monoisotopic (exact) mass is 248 g/mol. The molecular weight excluding hydrogens is 240 g/mol. The average Bonchev–Trinajstić information content (AvgIpc) is 2.57. The standard InChI is InChI=1S/C7H9BrN2OS/c8-5-6(11)9-2-1-7-10-3-4-12-7/h3-4H,1-2,5H2,(H,9,11). The van der Waals surface area contributed by atoms with Gasteiger partial charge in [0.15, 0.2) is 0 Å². The van der Waals surface area contributed by atoms with Crippen LogP contribution >= 0.6 is 27.3 Å². The third kappa shape index (κ3) is 3.32. The molecule has 1 heterocycles. The van der Waals surface area contributed by atoms with Crippen molar-refractivity contribution in [2.24, 2.45) is 0 Å². The van der Waals surface area contributed by atoms with Gasteiger partial charge in [0, 0.05) is 24.5 Å². The number of hydrogen-bond acceptors (Lipinski definition) is 3. The molecular formula is C7H9BrN2OS. The quantitative estimate of drug-likeness (QED) is 0.814. The van der Waals surface area contributed by atoms with Crippen molar-refractivity contribution in [1.29, 1.82) is 0 Å². The van der Waals surface area contributed by atoms with Gasteiger partial charge in [0.2, 0.25) is 5.91 Å². The summed E-state index contributed by atoms with van der Waals surface area (Å²) in [6.45, 7) is 0.665. The number of carbonyl (C=O) groups is 1. The largest absolute Gasteiger partial charge is 0.355 e. The van der Waals surface area contributed by atoms with Gasteiger partial charge >= 0.3 is 0 Å². The number of amides is 1. The number of alkyl halides is 1. The molecule has 0 aliphatic carbocycles. The Morgan fingerprint density at radius 2 is 2.58 bits per heavy atom. The first-order valence-electron chi connectivity index (χ1n) is 3.54. The van der Waals surface area contributed by atoms with Crippen molar-refractivity contribution in [3.05, 3.63) is 16.6 Å². The predicted octanol–water partition coefficient (Wildman–Crippen LogP) is 1.20. The number of nitrogens with zero attached hydrogens (tertiary/aromatic N) is 1. The normalized spacial score (nSPS) is 9.75. The fourth-order valence-corrected chi connectivity index (χ4v) is 1.55. The first kappa shape index (κ1) is 9.67. The van der Waals surface area contributed by atoms with Gasteiger partial charge in [0.25, 0.3) is 0 Å². The molecule has 1 aromatic rings. The highest BCUT2D eigenvalue weighted by molar-refractivity contribution is 9.09. The van der Waals surface area contributed by atoms with Crippen LogP contribution in [0.3, 0.4) is 0 Å². The van der Waals surface area contributed by atoms with E-state index in [1.165, 1.54) is 0 Å². The predicted molar refractivity (Wildman–Crippen MR) is 52.6 cm³/mol. The van der Waals surface area contributed by atoms with Crippen molar-refractivity contribution < 1.29 is 4.79 Å². The summed E-state index contributed by atoms with van der Waals surface area (Å²) >= 11 is 4.68. The third-order valence-electron chi connectivity index (χ3n) is 1.27. The second-order valence-corrected chi connectivity index (χ2v) is 3.70. The van der Waals surface area contributed by atoms with Gasteiger partial charge in [-0.3, -0.25) is 4.79 Å². The smallest absolute Gasteiger partial charge is 0.230 e. The highest BCUT2D eigenvalue weighted by Gasteiger charge is 1.98. The maximum Gasteiger partial charge on any atom is 0.230 e. The lowest BCUT2D eigenvalue weighted by Gasteiger charge is -1.99. The zero-order valence-corrected chi connectivity index (χ0v) is 8.82. The molecule has 1 amide bonds. The van der Waals surface area contributed by atoms with E-state index in [1.54, 1.807) is 17.5 Å². The van der Waals surface area contributed by atoms with E-state index in [9.17, 15) is 4.79 Å². The molecule has 66 valence electrons. The SMILES string of the molecule is O=C(CBr)NCCc1nccs1. The molecule has 0 saturated heterocycles. The zero-order valence-electron chi connectivity index (χ0n) is 6.42. The van der Waals surface area contributed by atoms with Crippen molar-refractivity contribution in [2.45, 2.75) is 6.42 Å². The molecule has 0 aliphatic heterocycles. The van der Waals surface area contributed by atoms with Crippen LogP contribution in [0.1, 0.15) is 5.01 Å². The Balaban J connectivity index is 2.15. The second-order valence-electron chi connectivity index (χ2n) is 2.16. The molecule has 1 rings (SSSR count). The van der Waals surface area contributed by atoms with Gasteiger partial charge in [-0.1, -0.05) is 15.9 Å². The Morgan fingerprint density at radius 1 is 1.75 bits per heavy atom. The summed E-state index contributed by atoms with van der Waals surface area (Å²) < 4.78 is 0. The van der Waals surface area contributed by atoms with Gasteiger partial charge in [-0.15, -0.1) is 11.3 Å². The molecule has 0 aromatic carbocycles. The summed E-state index contributed by atoms with van der Waals surface area (Å²) in [5.74, 6) is 0.0200. The van der Waals surface area contributed by atoms with E-state index in [0.29, 0.717) is 11.9 Å². The summed E-state index contributed by atoms with van der Waals surface area (Å²) in [4.78, 5) is 14.9. The molecule has 0 atom stereocenters. The second kappa shape index (κ2) is 5.27. The van der Waals surface area contributed by atoms with Crippen LogP contribution < -0.4 is 5.32 Å². The molecule has 0 unspecified atom stereocenters. The summed E-state index contributed by atoms with van der Waals surface area (Å²) in [5, 5.41) is 6.11. The molecule has 3 nitrogen and oxygen atoms in total. The Morgan fingerprint density at radius 3 is 3.17 bits per heavy atom. The zero-order chi connectivity index (χ0) is 8.81. The van der Waals surface area contributed by atoms with Crippen LogP contribution in [0.25, 0.3) is 0 Å². The molecule has 0 aliphatic rings. The minimum Gasteiger partial charge on any atom is -0.355 e. The van der Waals surface area contributed by atoms with Crippen molar-refractivity contribution in [1.82, 2.24) is 10.3 Å². The highest BCUT2D eigenvalue weighted by atomic mass is 79.9. The minimum atomic E-state index is 0.0200. The van der Waals surface area contributed by atoms with Gasteiger partial charge in [0.1, 0.15) is 0 Å².